The fraction of sp³-hybridized carbons (Fsp3) is 0. The predicted molar refractivity (Wildman–Crippen MR) is 87.8 cm³/mol. The molecule has 0 spiro atoms. The van der Waals surface area contributed by atoms with Crippen LogP contribution in [0.1, 0.15) is 21.5 Å². The van der Waals surface area contributed by atoms with Gasteiger partial charge in [0.15, 0.2) is 0 Å². The molecule has 0 unspecified atom stereocenters. The maximum Gasteiger partial charge on any atom is 0.335 e. The van der Waals surface area contributed by atoms with Crippen LogP contribution in [0.25, 0.3) is 10.6 Å². The number of benzene rings is 2. The van der Waals surface area contributed by atoms with Crippen LogP contribution in [0.3, 0.4) is 0 Å². The molecule has 0 radical (unpaired) electrons. The average Bonchev–Trinajstić information content (AvgIpc) is 2.89. The largest absolute Gasteiger partial charge is 0.478 e. The summed E-state index contributed by atoms with van der Waals surface area (Å²) in [6.45, 7) is 0. The van der Waals surface area contributed by atoms with Gasteiger partial charge in [-0.2, -0.15) is 0 Å². The molecule has 0 bridgehead atoms. The second-order valence-corrected chi connectivity index (χ2v) is 5.39. The number of nitrogens with zero attached hydrogens (tertiary/aromatic N) is 1. The predicted octanol–water partition coefficient (Wildman–Crippen LogP) is 3.35. The second kappa shape index (κ2) is 5.78. The van der Waals surface area contributed by atoms with Gasteiger partial charge in [-0.3, -0.25) is 14.9 Å². The lowest BCUT2D eigenvalue weighted by molar-refractivity contribution is -0.384. The van der Waals surface area contributed by atoms with Gasteiger partial charge in [0, 0.05) is 28.9 Å². The molecule has 7 nitrogen and oxygen atoms in total. The van der Waals surface area contributed by atoms with Crippen LogP contribution in [-0.4, -0.2) is 21.9 Å². The second-order valence-electron chi connectivity index (χ2n) is 5.02. The minimum absolute atomic E-state index is 0.00580. The first kappa shape index (κ1) is 15.7. The highest BCUT2D eigenvalue weighted by Crippen LogP contribution is 2.39. The van der Waals surface area contributed by atoms with Gasteiger partial charge in [0.1, 0.15) is 0 Å². The van der Waals surface area contributed by atoms with Gasteiger partial charge in [-0.25, -0.2) is 4.79 Å². The Bertz CT molecular complexity index is 936. The number of carbonyl (C=O) groups excluding carboxylic acids is 1. The smallest absolute Gasteiger partial charge is 0.335 e. The number of nitrogens with one attached hydrogen (secondary N) is 1. The van der Waals surface area contributed by atoms with Gasteiger partial charge in [-0.1, -0.05) is 23.7 Å². The Kier molecular flexibility index (Phi) is 3.78. The van der Waals surface area contributed by atoms with E-state index in [1.165, 1.54) is 42.5 Å². The van der Waals surface area contributed by atoms with E-state index in [1.807, 2.05) is 0 Å². The van der Waals surface area contributed by atoms with Gasteiger partial charge in [0.2, 0.25) is 0 Å². The number of rotatable bonds is 3. The van der Waals surface area contributed by atoms with Gasteiger partial charge >= 0.3 is 5.97 Å². The van der Waals surface area contributed by atoms with Crippen LogP contribution in [0.4, 0.5) is 11.4 Å². The van der Waals surface area contributed by atoms with E-state index in [2.05, 4.69) is 5.32 Å². The first-order valence-electron chi connectivity index (χ1n) is 6.72. The summed E-state index contributed by atoms with van der Waals surface area (Å²) in [7, 11) is 0. The van der Waals surface area contributed by atoms with E-state index >= 15 is 0 Å². The molecule has 8 heteroatoms. The minimum Gasteiger partial charge on any atom is -0.478 e. The zero-order valence-electron chi connectivity index (χ0n) is 11.9. The van der Waals surface area contributed by atoms with Crippen molar-refractivity contribution < 1.29 is 19.6 Å². The fourth-order valence-electron chi connectivity index (χ4n) is 2.42. The molecule has 0 fully saturated rings. The van der Waals surface area contributed by atoms with Crippen LogP contribution < -0.4 is 5.32 Å². The SMILES string of the molecule is O=C1Nc2ccc(C(=O)O)cc2C1=C(Cl)c1cccc([N+](=O)[O-])c1. The van der Waals surface area contributed by atoms with Crippen molar-refractivity contribution in [3.8, 4) is 0 Å². The summed E-state index contributed by atoms with van der Waals surface area (Å²) in [6.07, 6.45) is 0. The van der Waals surface area contributed by atoms with E-state index in [-0.39, 0.29) is 21.9 Å². The Labute approximate surface area is 140 Å². The molecule has 2 aromatic rings. The van der Waals surface area contributed by atoms with Crippen molar-refractivity contribution in [1.82, 2.24) is 0 Å². The summed E-state index contributed by atoms with van der Waals surface area (Å²) in [6, 6.07) is 9.73. The molecule has 24 heavy (non-hydrogen) atoms. The number of carbonyl (C=O) groups is 2. The molecule has 1 aliphatic heterocycles. The summed E-state index contributed by atoms with van der Waals surface area (Å²) in [5.74, 6) is -1.63. The lowest BCUT2D eigenvalue weighted by atomic mass is 10.0. The molecule has 2 N–H and O–H groups in total. The Morgan fingerprint density at radius 2 is 1.92 bits per heavy atom. The Hall–Kier alpha value is -3.19. The number of non-ortho nitro benzene ring substituents is 1. The summed E-state index contributed by atoms with van der Waals surface area (Å²) in [4.78, 5) is 33.6. The van der Waals surface area contributed by atoms with Gasteiger partial charge in [0.05, 0.1) is 21.1 Å². The third-order valence-electron chi connectivity index (χ3n) is 3.54. The molecule has 0 saturated carbocycles. The van der Waals surface area contributed by atoms with E-state index in [0.717, 1.165) is 0 Å². The number of carboxylic acid groups (broad SMARTS) is 1. The molecule has 2 aromatic carbocycles. The number of nitro benzene ring substituents is 1. The van der Waals surface area contributed by atoms with Crippen molar-refractivity contribution in [1.29, 1.82) is 0 Å². The highest BCUT2D eigenvalue weighted by atomic mass is 35.5. The quantitative estimate of drug-likeness (QED) is 0.504. The Balaban J connectivity index is 2.18. The molecule has 0 atom stereocenters. The summed E-state index contributed by atoms with van der Waals surface area (Å²) < 4.78 is 0. The molecule has 1 amide bonds. The zero-order valence-corrected chi connectivity index (χ0v) is 12.7. The third-order valence-corrected chi connectivity index (χ3v) is 3.95. The lowest BCUT2D eigenvalue weighted by Crippen LogP contribution is -2.04. The number of aromatic carboxylic acids is 1. The molecule has 0 saturated heterocycles. The number of nitro groups is 1. The highest BCUT2D eigenvalue weighted by Gasteiger charge is 2.28. The number of hydrogen-bond acceptors (Lipinski definition) is 4. The topological polar surface area (TPSA) is 110 Å². The van der Waals surface area contributed by atoms with E-state index in [1.54, 1.807) is 0 Å². The number of anilines is 1. The van der Waals surface area contributed by atoms with Crippen LogP contribution in [-0.2, 0) is 4.79 Å². The minimum atomic E-state index is -1.14. The fourth-order valence-corrected chi connectivity index (χ4v) is 2.72. The van der Waals surface area contributed by atoms with E-state index in [0.29, 0.717) is 16.8 Å². The summed E-state index contributed by atoms with van der Waals surface area (Å²) in [5.41, 5.74) is 0.996. The lowest BCUT2D eigenvalue weighted by Gasteiger charge is -2.05. The molecule has 1 heterocycles. The maximum absolute atomic E-state index is 12.2. The number of halogens is 1. The average molecular weight is 345 g/mol. The Morgan fingerprint density at radius 1 is 1.17 bits per heavy atom. The summed E-state index contributed by atoms with van der Waals surface area (Å²) in [5, 5.41) is 22.6. The van der Waals surface area contributed by atoms with Crippen LogP contribution in [0, 0.1) is 10.1 Å². The molecule has 1 aliphatic rings. The molecule has 0 aromatic heterocycles. The molecule has 3 rings (SSSR count). The summed E-state index contributed by atoms with van der Waals surface area (Å²) >= 11 is 6.29. The normalized spacial score (nSPS) is 14.8. The van der Waals surface area contributed by atoms with Gasteiger partial charge < -0.3 is 10.4 Å². The number of amides is 1. The van der Waals surface area contributed by atoms with Gasteiger partial charge in [-0.05, 0) is 18.2 Å². The number of carboxylic acids is 1. The van der Waals surface area contributed by atoms with Crippen LogP contribution in [0.2, 0.25) is 0 Å². The van der Waals surface area contributed by atoms with Crippen molar-refractivity contribution >= 4 is 45.5 Å². The van der Waals surface area contributed by atoms with E-state index in [9.17, 15) is 19.7 Å². The van der Waals surface area contributed by atoms with Crippen molar-refractivity contribution in [3.05, 3.63) is 69.3 Å². The van der Waals surface area contributed by atoms with Crippen molar-refractivity contribution in [2.45, 2.75) is 0 Å². The van der Waals surface area contributed by atoms with Crippen LogP contribution >= 0.6 is 11.6 Å². The molecular weight excluding hydrogens is 336 g/mol. The number of hydrogen-bond donors (Lipinski definition) is 2. The molecule has 0 aliphatic carbocycles. The van der Waals surface area contributed by atoms with Crippen LogP contribution in [0.5, 0.6) is 0 Å². The molecular formula is C16H9ClN2O5. The van der Waals surface area contributed by atoms with E-state index < -0.39 is 16.8 Å². The van der Waals surface area contributed by atoms with E-state index in [4.69, 9.17) is 16.7 Å². The third kappa shape index (κ3) is 2.61. The van der Waals surface area contributed by atoms with Crippen molar-refractivity contribution in [2.75, 3.05) is 5.32 Å². The Morgan fingerprint density at radius 3 is 2.58 bits per heavy atom. The number of fused-ring (bicyclic) bond motifs is 1. The van der Waals surface area contributed by atoms with Crippen molar-refractivity contribution in [3.63, 3.8) is 0 Å². The first-order chi connectivity index (χ1) is 11.4. The zero-order chi connectivity index (χ0) is 17.4. The van der Waals surface area contributed by atoms with Gasteiger partial charge in [0.25, 0.3) is 11.6 Å². The standard InChI is InChI=1S/C16H9ClN2O5/c17-14(8-2-1-3-10(6-8)19(23)24)13-11-7-9(16(21)22)4-5-12(11)18-15(13)20/h1-7H,(H,18,20)(H,21,22). The highest BCUT2D eigenvalue weighted by molar-refractivity contribution is 6.59. The van der Waals surface area contributed by atoms with Gasteiger partial charge in [-0.15, -0.1) is 0 Å². The first-order valence-corrected chi connectivity index (χ1v) is 7.10. The monoisotopic (exact) mass is 344 g/mol. The maximum atomic E-state index is 12.2. The van der Waals surface area contributed by atoms with Crippen molar-refractivity contribution in [2.24, 2.45) is 0 Å². The van der Waals surface area contributed by atoms with Crippen LogP contribution in [0.15, 0.2) is 42.5 Å². The molecule has 120 valence electrons.